The van der Waals surface area contributed by atoms with Crippen LogP contribution >= 0.6 is 0 Å². The van der Waals surface area contributed by atoms with E-state index in [0.717, 1.165) is 22.7 Å². The number of hydrazone groups is 1. The molecule has 0 heterocycles. The van der Waals surface area contributed by atoms with Gasteiger partial charge in [-0.25, -0.2) is 4.79 Å². The first-order valence-electron chi connectivity index (χ1n) is 8.58. The van der Waals surface area contributed by atoms with E-state index in [1.165, 1.54) is 0 Å². The number of ether oxygens (including phenoxy) is 1. The lowest BCUT2D eigenvalue weighted by molar-refractivity contribution is 0.0414. The molecule has 0 saturated heterocycles. The van der Waals surface area contributed by atoms with Crippen LogP contribution in [0, 0.1) is 5.41 Å². The summed E-state index contributed by atoms with van der Waals surface area (Å²) in [4.78, 5) is 11.3. The summed E-state index contributed by atoms with van der Waals surface area (Å²) in [5, 5.41) is 24.4. The van der Waals surface area contributed by atoms with Crippen LogP contribution in [-0.4, -0.2) is 45.8 Å². The molecule has 1 amide bonds. The fourth-order valence-corrected chi connectivity index (χ4v) is 2.93. The van der Waals surface area contributed by atoms with Gasteiger partial charge in [0.2, 0.25) is 0 Å². The van der Waals surface area contributed by atoms with E-state index < -0.39 is 11.6 Å². The summed E-state index contributed by atoms with van der Waals surface area (Å²) < 4.78 is 5.71. The number of rotatable bonds is 7. The molecule has 0 bridgehead atoms. The number of hydrogen-bond acceptors (Lipinski definition) is 4. The Hall–Kier alpha value is -1.92. The Bertz CT molecular complexity index is 600. The molecule has 1 saturated carbocycles. The van der Waals surface area contributed by atoms with Gasteiger partial charge in [-0.05, 0) is 45.6 Å². The van der Waals surface area contributed by atoms with Crippen LogP contribution in [0.4, 0.5) is 4.79 Å². The van der Waals surface area contributed by atoms with Crippen molar-refractivity contribution in [2.24, 2.45) is 10.5 Å². The first-order chi connectivity index (χ1) is 11.8. The highest BCUT2D eigenvalue weighted by atomic mass is 16.5. The zero-order valence-electron chi connectivity index (χ0n) is 15.2. The number of amides is 1. The van der Waals surface area contributed by atoms with Gasteiger partial charge in [-0.2, -0.15) is 10.1 Å². The summed E-state index contributed by atoms with van der Waals surface area (Å²) in [6.45, 7) is 6.59. The largest absolute Gasteiger partial charge is 0.464 e. The van der Waals surface area contributed by atoms with Crippen LogP contribution < -0.4 is 0 Å². The van der Waals surface area contributed by atoms with E-state index in [0.29, 0.717) is 26.1 Å². The number of benzene rings is 1. The number of carboxylic acid groups (broad SMARTS) is 1. The number of carbonyl (C=O) groups is 1. The van der Waals surface area contributed by atoms with Crippen LogP contribution in [0.1, 0.15) is 45.6 Å². The molecular formula is C19H28N2O4. The van der Waals surface area contributed by atoms with Gasteiger partial charge in [-0.3, -0.25) is 0 Å². The van der Waals surface area contributed by atoms with E-state index in [1.807, 2.05) is 30.3 Å². The fraction of sp³-hybridized carbons (Fsp3) is 0.579. The van der Waals surface area contributed by atoms with E-state index in [2.05, 4.69) is 5.10 Å². The Morgan fingerprint density at radius 3 is 2.44 bits per heavy atom. The molecule has 0 unspecified atom stereocenters. The van der Waals surface area contributed by atoms with Crippen molar-refractivity contribution < 1.29 is 19.7 Å². The van der Waals surface area contributed by atoms with Crippen LogP contribution in [0.25, 0.3) is 0 Å². The van der Waals surface area contributed by atoms with Crippen molar-refractivity contribution in [2.45, 2.75) is 52.2 Å². The Kier molecular flexibility index (Phi) is 6.19. The summed E-state index contributed by atoms with van der Waals surface area (Å²) in [6, 6.07) is 9.96. The Morgan fingerprint density at radius 2 is 1.92 bits per heavy atom. The normalized spacial score (nSPS) is 20.1. The van der Waals surface area contributed by atoms with E-state index in [1.54, 1.807) is 20.8 Å². The minimum Gasteiger partial charge on any atom is -0.464 e. The highest BCUT2D eigenvalue weighted by Crippen LogP contribution is 2.42. The van der Waals surface area contributed by atoms with Gasteiger partial charge < -0.3 is 14.9 Å². The highest BCUT2D eigenvalue weighted by Gasteiger charge is 2.42. The molecule has 1 aromatic carbocycles. The van der Waals surface area contributed by atoms with E-state index >= 15 is 0 Å². The van der Waals surface area contributed by atoms with Gasteiger partial charge in [0, 0.05) is 24.3 Å². The zero-order chi connectivity index (χ0) is 18.5. The van der Waals surface area contributed by atoms with E-state index in [9.17, 15) is 15.0 Å². The van der Waals surface area contributed by atoms with Crippen molar-refractivity contribution in [3.05, 3.63) is 35.9 Å². The number of hydrogen-bond donors (Lipinski definition) is 2. The molecule has 0 radical (unpaired) electrons. The highest BCUT2D eigenvalue weighted by molar-refractivity contribution is 5.92. The van der Waals surface area contributed by atoms with Crippen molar-refractivity contribution >= 4 is 11.8 Å². The van der Waals surface area contributed by atoms with Gasteiger partial charge in [0.1, 0.15) is 0 Å². The molecule has 138 valence electrons. The minimum atomic E-state index is -1.06. The van der Waals surface area contributed by atoms with Crippen molar-refractivity contribution in [3.63, 3.8) is 0 Å². The van der Waals surface area contributed by atoms with Crippen LogP contribution in [0.3, 0.4) is 0 Å². The molecule has 2 rings (SSSR count). The molecule has 0 aliphatic heterocycles. The van der Waals surface area contributed by atoms with Crippen LogP contribution in [0.15, 0.2) is 35.4 Å². The SMILES string of the molecule is CC(C)(C)N(N=C1CC(CO)(CCOCc2ccccc2)C1)C(=O)O. The molecule has 0 spiro atoms. The molecule has 1 aromatic rings. The predicted molar refractivity (Wildman–Crippen MR) is 96.5 cm³/mol. The van der Waals surface area contributed by atoms with Crippen LogP contribution in [0.5, 0.6) is 0 Å². The second-order valence-corrected chi connectivity index (χ2v) is 7.73. The van der Waals surface area contributed by atoms with Gasteiger partial charge in [-0.1, -0.05) is 30.3 Å². The second-order valence-electron chi connectivity index (χ2n) is 7.73. The third-order valence-electron chi connectivity index (χ3n) is 4.44. The molecule has 6 heteroatoms. The first kappa shape index (κ1) is 19.4. The molecule has 1 aliphatic rings. The standard InChI is InChI=1S/C19H28N2O4/c1-18(2,3)21(17(23)24)20-16-11-19(12-16,14-22)9-10-25-13-15-7-5-4-6-8-15/h4-8,22H,9-14H2,1-3H3,(H,23,24). The molecule has 2 N–H and O–H groups in total. The topological polar surface area (TPSA) is 82.4 Å². The molecule has 6 nitrogen and oxygen atoms in total. The van der Waals surface area contributed by atoms with E-state index in [-0.39, 0.29) is 12.0 Å². The maximum atomic E-state index is 11.3. The monoisotopic (exact) mass is 348 g/mol. The van der Waals surface area contributed by atoms with Crippen LogP contribution in [0.2, 0.25) is 0 Å². The lowest BCUT2D eigenvalue weighted by atomic mass is 9.66. The average molecular weight is 348 g/mol. The summed E-state index contributed by atoms with van der Waals surface area (Å²) in [5.41, 5.74) is 1.11. The quantitative estimate of drug-likeness (QED) is 0.583. The Balaban J connectivity index is 1.83. The Labute approximate surface area is 149 Å². The molecule has 0 atom stereocenters. The third-order valence-corrected chi connectivity index (χ3v) is 4.44. The third kappa shape index (κ3) is 5.28. The zero-order valence-corrected chi connectivity index (χ0v) is 15.2. The van der Waals surface area contributed by atoms with Gasteiger partial charge in [0.15, 0.2) is 0 Å². The molecule has 1 fully saturated rings. The fourth-order valence-electron chi connectivity index (χ4n) is 2.93. The van der Waals surface area contributed by atoms with Gasteiger partial charge in [-0.15, -0.1) is 0 Å². The van der Waals surface area contributed by atoms with Gasteiger partial charge in [0.05, 0.1) is 12.1 Å². The van der Waals surface area contributed by atoms with Crippen LogP contribution in [-0.2, 0) is 11.3 Å². The van der Waals surface area contributed by atoms with Crippen molar-refractivity contribution in [3.8, 4) is 0 Å². The molecular weight excluding hydrogens is 320 g/mol. The minimum absolute atomic E-state index is 0.0588. The second kappa shape index (κ2) is 7.97. The summed E-state index contributed by atoms with van der Waals surface area (Å²) >= 11 is 0. The number of aliphatic hydroxyl groups is 1. The molecule has 25 heavy (non-hydrogen) atoms. The molecule has 1 aliphatic carbocycles. The first-order valence-corrected chi connectivity index (χ1v) is 8.58. The predicted octanol–water partition coefficient (Wildman–Crippen LogP) is 3.50. The average Bonchev–Trinajstić information content (AvgIpc) is 2.52. The molecule has 0 aromatic heterocycles. The summed E-state index contributed by atoms with van der Waals surface area (Å²) in [7, 11) is 0. The van der Waals surface area contributed by atoms with E-state index in [4.69, 9.17) is 4.74 Å². The van der Waals surface area contributed by atoms with Crippen molar-refractivity contribution in [1.29, 1.82) is 0 Å². The summed E-state index contributed by atoms with van der Waals surface area (Å²) in [5.74, 6) is 0. The smallest absolute Gasteiger partial charge is 0.428 e. The number of nitrogens with zero attached hydrogens (tertiary/aromatic N) is 2. The summed E-state index contributed by atoms with van der Waals surface area (Å²) in [6.07, 6.45) is 0.890. The van der Waals surface area contributed by atoms with Gasteiger partial charge in [0.25, 0.3) is 0 Å². The van der Waals surface area contributed by atoms with Gasteiger partial charge >= 0.3 is 6.09 Å². The van der Waals surface area contributed by atoms with Crippen molar-refractivity contribution in [1.82, 2.24) is 5.01 Å². The maximum Gasteiger partial charge on any atom is 0.428 e. The lowest BCUT2D eigenvalue weighted by Crippen LogP contribution is -2.46. The Morgan fingerprint density at radius 1 is 1.28 bits per heavy atom. The number of aliphatic hydroxyl groups excluding tert-OH is 1. The lowest BCUT2D eigenvalue weighted by Gasteiger charge is -2.42. The van der Waals surface area contributed by atoms with Crippen molar-refractivity contribution in [2.75, 3.05) is 13.2 Å². The maximum absolute atomic E-state index is 11.3.